The molecular weight excluding hydrogens is 538 g/mol. The predicted octanol–water partition coefficient (Wildman–Crippen LogP) is 1.22. The van der Waals surface area contributed by atoms with Crippen molar-refractivity contribution in [3.05, 3.63) is 65.7 Å². The summed E-state index contributed by atoms with van der Waals surface area (Å²) in [5, 5.41) is 5.57. The SMILES string of the molecule is CN1CC(=O)N(C)[C@H](Cc2ccccc2)COc2ccccc2C(=O)N[C@H](C(=O)NCCN2CCCC2=O)CCC1=O. The van der Waals surface area contributed by atoms with Crippen molar-refractivity contribution in [3.8, 4) is 5.75 Å². The molecule has 4 rings (SSSR count). The highest BCUT2D eigenvalue weighted by Crippen LogP contribution is 2.20. The van der Waals surface area contributed by atoms with Crippen LogP contribution in [0.5, 0.6) is 5.75 Å². The minimum Gasteiger partial charge on any atom is -0.491 e. The van der Waals surface area contributed by atoms with E-state index >= 15 is 0 Å². The monoisotopic (exact) mass is 577 g/mol. The van der Waals surface area contributed by atoms with E-state index in [0.717, 1.165) is 12.0 Å². The number of benzene rings is 2. The third kappa shape index (κ3) is 8.08. The predicted molar refractivity (Wildman–Crippen MR) is 156 cm³/mol. The van der Waals surface area contributed by atoms with Gasteiger partial charge in [-0.3, -0.25) is 24.0 Å². The maximum atomic E-state index is 13.4. The number of hydrogen-bond acceptors (Lipinski definition) is 6. The van der Waals surface area contributed by atoms with Gasteiger partial charge in [0.1, 0.15) is 18.4 Å². The molecule has 0 radical (unpaired) electrons. The Morgan fingerprint density at radius 3 is 2.43 bits per heavy atom. The van der Waals surface area contributed by atoms with Gasteiger partial charge in [-0.15, -0.1) is 0 Å². The van der Waals surface area contributed by atoms with Crippen LogP contribution in [0.3, 0.4) is 0 Å². The highest BCUT2D eigenvalue weighted by atomic mass is 16.5. The maximum absolute atomic E-state index is 13.4. The zero-order chi connectivity index (χ0) is 30.1. The van der Waals surface area contributed by atoms with E-state index < -0.39 is 17.9 Å². The summed E-state index contributed by atoms with van der Waals surface area (Å²) in [6, 6.07) is 15.1. The van der Waals surface area contributed by atoms with E-state index in [0.29, 0.717) is 31.7 Å². The molecule has 0 aromatic heterocycles. The summed E-state index contributed by atoms with van der Waals surface area (Å²) in [6.45, 7) is 1.24. The quantitative estimate of drug-likeness (QED) is 0.532. The second-order valence-electron chi connectivity index (χ2n) is 10.7. The van der Waals surface area contributed by atoms with Crippen LogP contribution in [-0.4, -0.2) is 103 Å². The third-order valence-electron chi connectivity index (χ3n) is 7.74. The highest BCUT2D eigenvalue weighted by Gasteiger charge is 2.28. The van der Waals surface area contributed by atoms with E-state index in [4.69, 9.17) is 4.74 Å². The number of likely N-dealkylation sites (N-methyl/N-ethyl adjacent to an activating group) is 2. The lowest BCUT2D eigenvalue weighted by molar-refractivity contribution is -0.140. The van der Waals surface area contributed by atoms with Gasteiger partial charge in [-0.1, -0.05) is 42.5 Å². The fourth-order valence-electron chi connectivity index (χ4n) is 5.11. The zero-order valence-electron chi connectivity index (χ0n) is 24.2. The van der Waals surface area contributed by atoms with E-state index in [1.54, 1.807) is 48.2 Å². The number of rotatable bonds is 6. The molecule has 2 N–H and O–H groups in total. The molecule has 0 aliphatic carbocycles. The topological polar surface area (TPSA) is 128 Å². The van der Waals surface area contributed by atoms with Crippen molar-refractivity contribution in [2.24, 2.45) is 0 Å². The Morgan fingerprint density at radius 2 is 1.69 bits per heavy atom. The first-order chi connectivity index (χ1) is 20.2. The van der Waals surface area contributed by atoms with Gasteiger partial charge in [-0.05, 0) is 37.0 Å². The molecule has 42 heavy (non-hydrogen) atoms. The normalized spacial score (nSPS) is 20.8. The number of fused-ring (bicyclic) bond motifs is 1. The minimum atomic E-state index is -1.01. The molecule has 0 unspecified atom stereocenters. The van der Waals surface area contributed by atoms with Crippen LogP contribution >= 0.6 is 0 Å². The summed E-state index contributed by atoms with van der Waals surface area (Å²) < 4.78 is 6.14. The average molecular weight is 578 g/mol. The Balaban J connectivity index is 1.54. The van der Waals surface area contributed by atoms with Gasteiger partial charge in [0.25, 0.3) is 5.91 Å². The number of likely N-dealkylation sites (tertiary alicyclic amines) is 1. The standard InChI is InChI=1S/C31H39N5O6/c1-34-20-29(39)35(2)23(19-22-9-4-3-5-10-22)21-42-26-12-7-6-11-24(26)30(40)33-25(14-15-27(34)37)31(41)32-16-18-36-17-8-13-28(36)38/h3-7,9-12,23,25H,8,13-21H2,1-2H3,(H,32,41)(H,33,40)/t23-,25+/m1/s1. The number of nitrogens with zero attached hydrogens (tertiary/aromatic N) is 3. The minimum absolute atomic E-state index is 0.0348. The maximum Gasteiger partial charge on any atom is 0.255 e. The number of nitrogens with one attached hydrogen (secondary N) is 2. The van der Waals surface area contributed by atoms with E-state index in [9.17, 15) is 24.0 Å². The summed E-state index contributed by atoms with van der Waals surface area (Å²) in [7, 11) is 3.23. The van der Waals surface area contributed by atoms with Gasteiger partial charge < -0.3 is 30.1 Å². The van der Waals surface area contributed by atoms with Crippen molar-refractivity contribution >= 4 is 29.5 Å². The first-order valence-electron chi connectivity index (χ1n) is 14.3. The fraction of sp³-hybridized carbons (Fsp3) is 0.452. The van der Waals surface area contributed by atoms with Crippen LogP contribution in [-0.2, 0) is 25.6 Å². The van der Waals surface area contributed by atoms with Gasteiger partial charge in [0, 0.05) is 46.6 Å². The summed E-state index contributed by atoms with van der Waals surface area (Å²) in [6.07, 6.45) is 1.80. The molecule has 2 aliphatic heterocycles. The largest absolute Gasteiger partial charge is 0.491 e. The summed E-state index contributed by atoms with van der Waals surface area (Å²) in [5.74, 6) is -1.16. The number of hydrogen-bond donors (Lipinski definition) is 2. The first kappa shape index (κ1) is 30.5. The highest BCUT2D eigenvalue weighted by molar-refractivity contribution is 5.99. The second-order valence-corrected chi connectivity index (χ2v) is 10.7. The molecule has 2 heterocycles. The number of amides is 5. The van der Waals surface area contributed by atoms with E-state index in [1.165, 1.54) is 4.90 Å². The number of ether oxygens (including phenoxy) is 1. The van der Waals surface area contributed by atoms with Gasteiger partial charge in [-0.2, -0.15) is 0 Å². The van der Waals surface area contributed by atoms with Crippen LogP contribution in [0.25, 0.3) is 0 Å². The third-order valence-corrected chi connectivity index (χ3v) is 7.74. The van der Waals surface area contributed by atoms with E-state index in [2.05, 4.69) is 10.6 Å². The first-order valence-corrected chi connectivity index (χ1v) is 14.3. The van der Waals surface area contributed by atoms with Crippen LogP contribution in [0.1, 0.15) is 41.6 Å². The summed E-state index contributed by atoms with van der Waals surface area (Å²) >= 11 is 0. The Morgan fingerprint density at radius 1 is 0.952 bits per heavy atom. The van der Waals surface area contributed by atoms with Crippen molar-refractivity contribution in [1.82, 2.24) is 25.3 Å². The Hall–Kier alpha value is -4.41. The molecule has 2 aromatic carbocycles. The van der Waals surface area contributed by atoms with Crippen LogP contribution in [0, 0.1) is 0 Å². The van der Waals surface area contributed by atoms with Crippen molar-refractivity contribution in [1.29, 1.82) is 0 Å². The van der Waals surface area contributed by atoms with E-state index in [1.807, 2.05) is 30.3 Å². The van der Waals surface area contributed by atoms with Gasteiger partial charge in [0.15, 0.2) is 0 Å². The molecule has 11 nitrogen and oxygen atoms in total. The lowest BCUT2D eigenvalue weighted by Gasteiger charge is -2.30. The number of carbonyl (C=O) groups is 5. The molecule has 0 spiro atoms. The lowest BCUT2D eigenvalue weighted by Crippen LogP contribution is -2.49. The zero-order valence-corrected chi connectivity index (χ0v) is 24.2. The van der Waals surface area contributed by atoms with Crippen molar-refractivity contribution in [3.63, 3.8) is 0 Å². The molecule has 1 saturated heterocycles. The average Bonchev–Trinajstić information content (AvgIpc) is 3.40. The molecule has 0 bridgehead atoms. The number of carbonyl (C=O) groups excluding carboxylic acids is 5. The second kappa shape index (κ2) is 14.5. The molecule has 5 amide bonds. The molecule has 2 aromatic rings. The van der Waals surface area contributed by atoms with Gasteiger partial charge in [0.05, 0.1) is 18.2 Å². The molecule has 2 aliphatic rings. The van der Waals surface area contributed by atoms with Gasteiger partial charge in [0.2, 0.25) is 23.6 Å². The Kier molecular flexibility index (Phi) is 10.5. The fourth-order valence-corrected chi connectivity index (χ4v) is 5.11. The molecule has 1 fully saturated rings. The smallest absolute Gasteiger partial charge is 0.255 e. The number of para-hydroxylation sites is 1. The van der Waals surface area contributed by atoms with E-state index in [-0.39, 0.29) is 61.9 Å². The molecule has 2 atom stereocenters. The van der Waals surface area contributed by atoms with Crippen LogP contribution in [0.2, 0.25) is 0 Å². The molecule has 11 heteroatoms. The van der Waals surface area contributed by atoms with Gasteiger partial charge in [-0.25, -0.2) is 0 Å². The lowest BCUT2D eigenvalue weighted by atomic mass is 10.1. The molecule has 0 saturated carbocycles. The van der Waals surface area contributed by atoms with Gasteiger partial charge >= 0.3 is 0 Å². The van der Waals surface area contributed by atoms with Crippen molar-refractivity contribution in [2.45, 2.75) is 44.2 Å². The summed E-state index contributed by atoms with van der Waals surface area (Å²) in [4.78, 5) is 69.3. The van der Waals surface area contributed by atoms with Crippen molar-refractivity contribution < 1.29 is 28.7 Å². The van der Waals surface area contributed by atoms with Crippen LogP contribution < -0.4 is 15.4 Å². The molecule has 224 valence electrons. The van der Waals surface area contributed by atoms with Crippen LogP contribution in [0.15, 0.2) is 54.6 Å². The van der Waals surface area contributed by atoms with Crippen molar-refractivity contribution in [2.75, 3.05) is 46.9 Å². The Labute approximate surface area is 246 Å². The Bertz CT molecular complexity index is 1290. The summed E-state index contributed by atoms with van der Waals surface area (Å²) in [5.41, 5.74) is 1.26. The van der Waals surface area contributed by atoms with Crippen LogP contribution in [0.4, 0.5) is 0 Å². The molecular formula is C31H39N5O6.